The summed E-state index contributed by atoms with van der Waals surface area (Å²) in [6.45, 7) is 0. The maximum absolute atomic E-state index is 10.7. The Morgan fingerprint density at radius 3 is 2.41 bits per heavy atom. The first-order chi connectivity index (χ1) is 7.82. The van der Waals surface area contributed by atoms with Gasteiger partial charge in [-0.25, -0.2) is 0 Å². The number of aromatic hydroxyl groups is 2. The lowest BCUT2D eigenvalue weighted by atomic mass is 10.0. The van der Waals surface area contributed by atoms with E-state index in [1.165, 1.54) is 0 Å². The predicted molar refractivity (Wildman–Crippen MR) is 55.7 cm³/mol. The van der Waals surface area contributed by atoms with E-state index in [0.29, 0.717) is 0 Å². The van der Waals surface area contributed by atoms with Gasteiger partial charge >= 0.3 is 5.97 Å². The second kappa shape index (κ2) is 4.66. The quantitative estimate of drug-likeness (QED) is 0.329. The first kappa shape index (κ1) is 12.7. The Balaban J connectivity index is 3.17. The largest absolute Gasteiger partial charge is 0.504 e. The molecule has 1 atom stereocenters. The number of carboxylic acid groups (broad SMARTS) is 1. The molecule has 0 aliphatic rings. The lowest BCUT2D eigenvalue weighted by molar-refractivity contribution is -0.385. The number of phenolic OH excluding ortho intramolecular Hbond substituents is 2. The molecule has 0 bridgehead atoms. The van der Waals surface area contributed by atoms with Crippen LogP contribution in [0.25, 0.3) is 0 Å². The number of carboxylic acids is 1. The minimum absolute atomic E-state index is 0.0554. The van der Waals surface area contributed by atoms with Crippen LogP contribution < -0.4 is 5.73 Å². The van der Waals surface area contributed by atoms with E-state index in [9.17, 15) is 20.0 Å². The number of hydrogen-bond acceptors (Lipinski definition) is 6. The molecule has 5 N–H and O–H groups in total. The lowest BCUT2D eigenvalue weighted by Gasteiger charge is -2.08. The number of aliphatic carboxylic acids is 1. The van der Waals surface area contributed by atoms with Crippen LogP contribution in [0.3, 0.4) is 0 Å². The molecule has 1 rings (SSSR count). The number of nitrogens with zero attached hydrogens (tertiary/aromatic N) is 1. The molecule has 17 heavy (non-hydrogen) atoms. The van der Waals surface area contributed by atoms with Crippen LogP contribution >= 0.6 is 0 Å². The number of nitrogens with two attached hydrogens (primary N) is 1. The third kappa shape index (κ3) is 2.82. The minimum atomic E-state index is -1.32. The number of rotatable bonds is 4. The first-order valence-electron chi connectivity index (χ1n) is 4.50. The Hall–Kier alpha value is -2.35. The number of hydrogen-bond donors (Lipinski definition) is 4. The summed E-state index contributed by atoms with van der Waals surface area (Å²) in [5, 5.41) is 37.6. The third-order valence-corrected chi connectivity index (χ3v) is 2.13. The van der Waals surface area contributed by atoms with E-state index in [4.69, 9.17) is 15.9 Å². The molecule has 0 saturated carbocycles. The zero-order valence-electron chi connectivity index (χ0n) is 8.53. The van der Waals surface area contributed by atoms with E-state index in [1.807, 2.05) is 0 Å². The molecule has 8 nitrogen and oxygen atoms in total. The van der Waals surface area contributed by atoms with Gasteiger partial charge in [0.15, 0.2) is 11.5 Å². The van der Waals surface area contributed by atoms with Crippen molar-refractivity contribution in [2.24, 2.45) is 5.73 Å². The lowest BCUT2D eigenvalue weighted by Crippen LogP contribution is -2.32. The normalized spacial score (nSPS) is 12.1. The fourth-order valence-corrected chi connectivity index (χ4v) is 1.27. The van der Waals surface area contributed by atoms with Crippen LogP contribution in [0.1, 0.15) is 5.56 Å². The van der Waals surface area contributed by atoms with Gasteiger partial charge < -0.3 is 21.1 Å². The fourth-order valence-electron chi connectivity index (χ4n) is 1.27. The van der Waals surface area contributed by atoms with Gasteiger partial charge in [-0.3, -0.25) is 14.9 Å². The van der Waals surface area contributed by atoms with Crippen LogP contribution in [0, 0.1) is 10.1 Å². The molecule has 0 spiro atoms. The molecule has 0 fully saturated rings. The van der Waals surface area contributed by atoms with Crippen molar-refractivity contribution in [1.82, 2.24) is 0 Å². The summed E-state index contributed by atoms with van der Waals surface area (Å²) < 4.78 is 0. The number of nitro benzene ring substituents is 1. The van der Waals surface area contributed by atoms with E-state index in [0.717, 1.165) is 12.1 Å². The maximum atomic E-state index is 10.7. The average Bonchev–Trinajstić information content (AvgIpc) is 2.22. The van der Waals surface area contributed by atoms with Gasteiger partial charge in [0.2, 0.25) is 0 Å². The maximum Gasteiger partial charge on any atom is 0.320 e. The van der Waals surface area contributed by atoms with Gasteiger partial charge in [-0.15, -0.1) is 0 Å². The van der Waals surface area contributed by atoms with Crippen LogP contribution in [0.5, 0.6) is 11.5 Å². The second-order valence-corrected chi connectivity index (χ2v) is 3.38. The summed E-state index contributed by atoms with van der Waals surface area (Å²) in [5.74, 6) is -2.53. The number of phenols is 2. The number of nitro groups is 1. The number of benzene rings is 1. The summed E-state index contributed by atoms with van der Waals surface area (Å²) in [7, 11) is 0. The second-order valence-electron chi connectivity index (χ2n) is 3.38. The van der Waals surface area contributed by atoms with Gasteiger partial charge in [-0.1, -0.05) is 0 Å². The molecule has 0 saturated heterocycles. The van der Waals surface area contributed by atoms with Gasteiger partial charge in [0, 0.05) is 12.0 Å². The molecule has 0 aliphatic carbocycles. The average molecular weight is 242 g/mol. The zero-order chi connectivity index (χ0) is 13.2. The summed E-state index contributed by atoms with van der Waals surface area (Å²) in [4.78, 5) is 20.4. The van der Waals surface area contributed by atoms with Crippen LogP contribution in [-0.4, -0.2) is 32.3 Å². The highest BCUT2D eigenvalue weighted by atomic mass is 16.6. The third-order valence-electron chi connectivity index (χ3n) is 2.13. The van der Waals surface area contributed by atoms with Crippen molar-refractivity contribution in [3.63, 3.8) is 0 Å². The highest BCUT2D eigenvalue weighted by molar-refractivity contribution is 5.74. The Bertz CT molecular complexity index is 473. The molecule has 0 aliphatic heterocycles. The van der Waals surface area contributed by atoms with Crippen molar-refractivity contribution in [1.29, 1.82) is 0 Å². The first-order valence-corrected chi connectivity index (χ1v) is 4.50. The Morgan fingerprint density at radius 2 is 1.94 bits per heavy atom. The molecular weight excluding hydrogens is 232 g/mol. The number of carbonyl (C=O) groups is 1. The van der Waals surface area contributed by atoms with Gasteiger partial charge in [0.1, 0.15) is 6.04 Å². The highest BCUT2D eigenvalue weighted by Crippen LogP contribution is 2.33. The highest BCUT2D eigenvalue weighted by Gasteiger charge is 2.22. The van der Waals surface area contributed by atoms with Gasteiger partial charge in [-0.05, 0) is 6.07 Å². The van der Waals surface area contributed by atoms with Crippen LogP contribution in [0.4, 0.5) is 5.69 Å². The SMILES string of the molecule is NC(Cc1cc(O)c(O)cc1[N+](=O)[O-])C(=O)O. The summed E-state index contributed by atoms with van der Waals surface area (Å²) >= 11 is 0. The Labute approximate surface area is 95.1 Å². The molecule has 1 aromatic rings. The zero-order valence-corrected chi connectivity index (χ0v) is 8.53. The molecule has 0 amide bonds. The van der Waals surface area contributed by atoms with Gasteiger partial charge in [-0.2, -0.15) is 0 Å². The van der Waals surface area contributed by atoms with E-state index in [2.05, 4.69) is 0 Å². The Morgan fingerprint density at radius 1 is 1.41 bits per heavy atom. The summed E-state index contributed by atoms with van der Waals surface area (Å²) in [6.07, 6.45) is -0.320. The van der Waals surface area contributed by atoms with E-state index in [-0.39, 0.29) is 12.0 Å². The van der Waals surface area contributed by atoms with Crippen LogP contribution in [-0.2, 0) is 11.2 Å². The van der Waals surface area contributed by atoms with Gasteiger partial charge in [0.05, 0.1) is 11.0 Å². The molecule has 92 valence electrons. The standard InChI is InChI=1S/C9H10N2O6/c10-5(9(14)15)1-4-2-7(12)8(13)3-6(4)11(16)17/h2-3,5,12-13H,1,10H2,(H,14,15). The molecule has 0 aromatic heterocycles. The van der Waals surface area contributed by atoms with Crippen LogP contribution in [0.2, 0.25) is 0 Å². The monoisotopic (exact) mass is 242 g/mol. The predicted octanol–water partition coefficient (Wildman–Crippen LogP) is -0.0396. The minimum Gasteiger partial charge on any atom is -0.504 e. The van der Waals surface area contributed by atoms with Crippen molar-refractivity contribution in [2.45, 2.75) is 12.5 Å². The molecule has 0 radical (unpaired) electrons. The van der Waals surface area contributed by atoms with E-state index >= 15 is 0 Å². The van der Waals surface area contributed by atoms with Crippen molar-refractivity contribution < 1.29 is 25.0 Å². The molecule has 1 unspecified atom stereocenters. The van der Waals surface area contributed by atoms with Crippen molar-refractivity contribution >= 4 is 11.7 Å². The van der Waals surface area contributed by atoms with Crippen molar-refractivity contribution in [3.8, 4) is 11.5 Å². The summed E-state index contributed by atoms with van der Waals surface area (Å²) in [5.41, 5.74) is 4.70. The topological polar surface area (TPSA) is 147 Å². The molecule has 0 heterocycles. The molecule has 8 heteroatoms. The van der Waals surface area contributed by atoms with Gasteiger partial charge in [0.25, 0.3) is 5.69 Å². The molecule has 1 aromatic carbocycles. The van der Waals surface area contributed by atoms with E-state index in [1.54, 1.807) is 0 Å². The van der Waals surface area contributed by atoms with Crippen molar-refractivity contribution in [3.05, 3.63) is 27.8 Å². The van der Waals surface area contributed by atoms with Crippen molar-refractivity contribution in [2.75, 3.05) is 0 Å². The fraction of sp³-hybridized carbons (Fsp3) is 0.222. The smallest absolute Gasteiger partial charge is 0.320 e. The molecular formula is C9H10N2O6. The van der Waals surface area contributed by atoms with Crippen LogP contribution in [0.15, 0.2) is 12.1 Å². The van der Waals surface area contributed by atoms with E-state index < -0.39 is 34.1 Å². The Kier molecular flexibility index (Phi) is 3.49. The summed E-state index contributed by atoms with van der Waals surface area (Å²) in [6, 6.07) is 0.354.